The van der Waals surface area contributed by atoms with E-state index in [1.807, 2.05) is 11.8 Å². The number of carbonyl (C=O) groups excluding carboxylic acids is 2. The molecule has 1 aromatic rings. The third-order valence-corrected chi connectivity index (χ3v) is 5.75. The van der Waals surface area contributed by atoms with Crippen molar-refractivity contribution in [1.29, 1.82) is 0 Å². The highest BCUT2D eigenvalue weighted by Gasteiger charge is 2.39. The van der Waals surface area contributed by atoms with Crippen LogP contribution in [0.25, 0.3) is 0 Å². The summed E-state index contributed by atoms with van der Waals surface area (Å²) in [6.07, 6.45) is 8.88. The average Bonchev–Trinajstić information content (AvgIpc) is 3.25. The van der Waals surface area contributed by atoms with Crippen LogP contribution < -0.4 is 5.32 Å². The van der Waals surface area contributed by atoms with Gasteiger partial charge in [0.1, 0.15) is 5.82 Å². The second-order valence-corrected chi connectivity index (χ2v) is 7.58. The molecule has 0 bridgehead atoms. The normalized spacial score (nSPS) is 27.5. The van der Waals surface area contributed by atoms with Crippen molar-refractivity contribution in [2.45, 2.75) is 70.5 Å². The molecule has 0 spiro atoms. The number of aromatic nitrogens is 2. The van der Waals surface area contributed by atoms with Gasteiger partial charge in [-0.25, -0.2) is 4.98 Å². The molecule has 6 heteroatoms. The van der Waals surface area contributed by atoms with E-state index in [-0.39, 0.29) is 23.8 Å². The summed E-state index contributed by atoms with van der Waals surface area (Å²) in [4.78, 5) is 31.4. The molecule has 6 nitrogen and oxygen atoms in total. The maximum Gasteiger partial charge on any atom is 0.225 e. The molecule has 3 heterocycles. The molecule has 2 atom stereocenters. The largest absolute Gasteiger partial charge is 0.351 e. The summed E-state index contributed by atoms with van der Waals surface area (Å²) < 4.78 is 2.15. The summed E-state index contributed by atoms with van der Waals surface area (Å²) in [7, 11) is 0. The number of aryl methyl sites for hydroxylation is 2. The molecule has 2 aliphatic heterocycles. The molecule has 130 valence electrons. The number of rotatable bonds is 3. The molecule has 2 unspecified atom stereocenters. The van der Waals surface area contributed by atoms with Crippen LogP contribution in [0.15, 0.2) is 6.20 Å². The number of hydrogen-bond donors (Lipinski definition) is 1. The van der Waals surface area contributed by atoms with E-state index in [9.17, 15) is 9.59 Å². The molecule has 24 heavy (non-hydrogen) atoms. The Balaban J connectivity index is 1.34. The number of hydrogen-bond acceptors (Lipinski definition) is 3. The third-order valence-electron chi connectivity index (χ3n) is 5.75. The fourth-order valence-corrected chi connectivity index (χ4v) is 4.50. The van der Waals surface area contributed by atoms with Crippen molar-refractivity contribution < 1.29 is 9.59 Å². The zero-order valence-electron chi connectivity index (χ0n) is 14.3. The van der Waals surface area contributed by atoms with Crippen LogP contribution in [0.5, 0.6) is 0 Å². The molecule has 0 radical (unpaired) electrons. The summed E-state index contributed by atoms with van der Waals surface area (Å²) in [6.45, 7) is 3.40. The van der Waals surface area contributed by atoms with Gasteiger partial charge in [-0.15, -0.1) is 0 Å². The van der Waals surface area contributed by atoms with Crippen LogP contribution in [0, 0.1) is 12.8 Å². The molecule has 3 aliphatic rings. The quantitative estimate of drug-likeness (QED) is 0.911. The van der Waals surface area contributed by atoms with Gasteiger partial charge in [0.2, 0.25) is 11.8 Å². The standard InChI is InChI=1S/C18H26N4O2/c1-12-9-21-11-14(6-7-16(21)19-12)20-18(24)13-8-17(23)22(10-13)15-4-2-3-5-15/h9,13-15H,2-8,10-11H2,1H3,(H,20,24). The summed E-state index contributed by atoms with van der Waals surface area (Å²) in [5.74, 6) is 1.15. The van der Waals surface area contributed by atoms with Gasteiger partial charge in [-0.1, -0.05) is 12.8 Å². The van der Waals surface area contributed by atoms with Crippen molar-refractivity contribution in [1.82, 2.24) is 19.8 Å². The van der Waals surface area contributed by atoms with Crippen LogP contribution in [-0.4, -0.2) is 44.9 Å². The Morgan fingerprint density at radius 3 is 2.83 bits per heavy atom. The smallest absolute Gasteiger partial charge is 0.225 e. The molecular formula is C18H26N4O2. The van der Waals surface area contributed by atoms with Crippen LogP contribution >= 0.6 is 0 Å². The third kappa shape index (κ3) is 2.94. The van der Waals surface area contributed by atoms with Crippen molar-refractivity contribution in [3.63, 3.8) is 0 Å². The Hall–Kier alpha value is -1.85. The Morgan fingerprint density at radius 2 is 2.04 bits per heavy atom. The molecule has 4 rings (SSSR count). The second kappa shape index (κ2) is 6.22. The number of nitrogens with one attached hydrogen (secondary N) is 1. The van der Waals surface area contributed by atoms with Crippen LogP contribution in [0.2, 0.25) is 0 Å². The van der Waals surface area contributed by atoms with Crippen molar-refractivity contribution in [2.75, 3.05) is 6.54 Å². The molecule has 1 saturated carbocycles. The minimum Gasteiger partial charge on any atom is -0.351 e. The molecule has 0 aromatic carbocycles. The SMILES string of the molecule is Cc1cn2c(n1)CCC(NC(=O)C1CC(=O)N(C3CCCC3)C1)C2. The van der Waals surface area contributed by atoms with E-state index in [0.717, 1.165) is 43.7 Å². The summed E-state index contributed by atoms with van der Waals surface area (Å²) in [5.41, 5.74) is 1.03. The molecule has 1 aliphatic carbocycles. The number of fused-ring (bicyclic) bond motifs is 1. The van der Waals surface area contributed by atoms with Crippen molar-refractivity contribution >= 4 is 11.8 Å². The average molecular weight is 330 g/mol. The van der Waals surface area contributed by atoms with Crippen LogP contribution in [0.4, 0.5) is 0 Å². The minimum absolute atomic E-state index is 0.0501. The highest BCUT2D eigenvalue weighted by Crippen LogP contribution is 2.29. The van der Waals surface area contributed by atoms with E-state index in [1.54, 1.807) is 0 Å². The minimum atomic E-state index is -0.177. The lowest BCUT2D eigenvalue weighted by atomic mass is 10.0. The maximum atomic E-state index is 12.6. The van der Waals surface area contributed by atoms with Gasteiger partial charge >= 0.3 is 0 Å². The van der Waals surface area contributed by atoms with Crippen molar-refractivity contribution in [2.24, 2.45) is 5.92 Å². The van der Waals surface area contributed by atoms with Gasteiger partial charge in [-0.3, -0.25) is 9.59 Å². The lowest BCUT2D eigenvalue weighted by Crippen LogP contribution is -2.44. The highest BCUT2D eigenvalue weighted by atomic mass is 16.2. The zero-order chi connectivity index (χ0) is 16.7. The number of nitrogens with zero attached hydrogens (tertiary/aromatic N) is 3. The van der Waals surface area contributed by atoms with Crippen LogP contribution in [0.3, 0.4) is 0 Å². The molecular weight excluding hydrogens is 304 g/mol. The van der Waals surface area contributed by atoms with Gasteiger partial charge in [-0.2, -0.15) is 0 Å². The second-order valence-electron chi connectivity index (χ2n) is 7.58. The fourth-order valence-electron chi connectivity index (χ4n) is 4.50. The summed E-state index contributed by atoms with van der Waals surface area (Å²) in [6, 6.07) is 0.524. The molecule has 1 saturated heterocycles. The van der Waals surface area contributed by atoms with Gasteiger partial charge in [0.25, 0.3) is 0 Å². The lowest BCUT2D eigenvalue weighted by molar-refractivity contribution is -0.130. The number of imidazole rings is 1. The summed E-state index contributed by atoms with van der Waals surface area (Å²) in [5, 5.41) is 3.18. The molecule has 1 aromatic heterocycles. The predicted molar refractivity (Wildman–Crippen MR) is 89.3 cm³/mol. The molecule has 1 N–H and O–H groups in total. The first-order chi connectivity index (χ1) is 11.6. The van der Waals surface area contributed by atoms with Crippen LogP contribution in [0.1, 0.15) is 50.0 Å². The highest BCUT2D eigenvalue weighted by molar-refractivity contribution is 5.89. The van der Waals surface area contributed by atoms with E-state index in [0.29, 0.717) is 19.0 Å². The molecule has 2 amide bonds. The topological polar surface area (TPSA) is 67.2 Å². The first-order valence-electron chi connectivity index (χ1n) is 9.22. The first kappa shape index (κ1) is 15.7. The van der Waals surface area contributed by atoms with E-state index in [1.165, 1.54) is 12.8 Å². The Kier molecular flexibility index (Phi) is 4.06. The van der Waals surface area contributed by atoms with E-state index >= 15 is 0 Å². The van der Waals surface area contributed by atoms with Gasteiger partial charge in [0.15, 0.2) is 0 Å². The number of carbonyl (C=O) groups is 2. The predicted octanol–water partition coefficient (Wildman–Crippen LogP) is 1.41. The van der Waals surface area contributed by atoms with E-state index < -0.39 is 0 Å². The fraction of sp³-hybridized carbons (Fsp3) is 0.722. The van der Waals surface area contributed by atoms with Gasteiger partial charge in [0, 0.05) is 44.2 Å². The maximum absolute atomic E-state index is 12.6. The first-order valence-corrected chi connectivity index (χ1v) is 9.22. The van der Waals surface area contributed by atoms with E-state index in [4.69, 9.17) is 0 Å². The van der Waals surface area contributed by atoms with Crippen molar-refractivity contribution in [3.8, 4) is 0 Å². The number of amides is 2. The van der Waals surface area contributed by atoms with Crippen molar-refractivity contribution in [3.05, 3.63) is 17.7 Å². The molecule has 2 fully saturated rings. The summed E-state index contributed by atoms with van der Waals surface area (Å²) >= 11 is 0. The van der Waals surface area contributed by atoms with Gasteiger partial charge in [-0.05, 0) is 26.2 Å². The Bertz CT molecular complexity index is 647. The monoisotopic (exact) mass is 330 g/mol. The Morgan fingerprint density at radius 1 is 1.25 bits per heavy atom. The van der Waals surface area contributed by atoms with Gasteiger partial charge in [0.05, 0.1) is 11.6 Å². The van der Waals surface area contributed by atoms with Crippen LogP contribution in [-0.2, 0) is 22.6 Å². The number of likely N-dealkylation sites (tertiary alicyclic amines) is 1. The van der Waals surface area contributed by atoms with Gasteiger partial charge < -0.3 is 14.8 Å². The lowest BCUT2D eigenvalue weighted by Gasteiger charge is -2.26. The Labute approximate surface area is 142 Å². The van der Waals surface area contributed by atoms with E-state index in [2.05, 4.69) is 21.1 Å². The zero-order valence-corrected chi connectivity index (χ0v) is 14.3.